The van der Waals surface area contributed by atoms with Gasteiger partial charge in [-0.15, -0.1) is 0 Å². The topological polar surface area (TPSA) is 90.0 Å². The van der Waals surface area contributed by atoms with E-state index in [1.54, 1.807) is 17.0 Å². The second-order valence-electron chi connectivity index (χ2n) is 8.93. The molecule has 1 aliphatic carbocycles. The zero-order chi connectivity index (χ0) is 22.7. The Morgan fingerprint density at radius 3 is 2.22 bits per heavy atom. The number of likely N-dealkylation sites (tertiary alicyclic amines) is 1. The Hall–Kier alpha value is -2.39. The molecule has 1 N–H and O–H groups in total. The van der Waals surface area contributed by atoms with Gasteiger partial charge in [0.05, 0.1) is 4.90 Å². The minimum absolute atomic E-state index is 0.0494. The van der Waals surface area contributed by atoms with Crippen molar-refractivity contribution in [3.63, 3.8) is 0 Å². The first-order chi connectivity index (χ1) is 15.4. The number of benzene rings is 1. The number of sulfonamides is 1. The van der Waals surface area contributed by atoms with E-state index in [0.29, 0.717) is 24.7 Å². The fraction of sp³-hybridized carbons (Fsp3) is 0.565. The highest BCUT2D eigenvalue weighted by atomic mass is 32.2. The lowest BCUT2D eigenvalue weighted by Gasteiger charge is -2.44. The molecule has 0 spiro atoms. The van der Waals surface area contributed by atoms with Gasteiger partial charge < -0.3 is 15.1 Å². The van der Waals surface area contributed by atoms with Gasteiger partial charge in [0, 0.05) is 45.0 Å². The van der Waals surface area contributed by atoms with Crippen LogP contribution < -0.4 is 5.32 Å². The number of piperidine rings is 1. The van der Waals surface area contributed by atoms with Gasteiger partial charge in [-0.25, -0.2) is 13.2 Å². The summed E-state index contributed by atoms with van der Waals surface area (Å²) >= 11 is 0. The molecule has 32 heavy (non-hydrogen) atoms. The van der Waals surface area contributed by atoms with Gasteiger partial charge in [0.25, 0.3) is 0 Å². The lowest BCUT2D eigenvalue weighted by Crippen LogP contribution is -2.56. The summed E-state index contributed by atoms with van der Waals surface area (Å²) in [6.07, 6.45) is 7.34. The summed E-state index contributed by atoms with van der Waals surface area (Å²) in [5, 5.41) is 2.60. The Morgan fingerprint density at radius 1 is 0.906 bits per heavy atom. The summed E-state index contributed by atoms with van der Waals surface area (Å²) in [6.45, 7) is 6.41. The lowest BCUT2D eigenvalue weighted by molar-refractivity contribution is -0.111. The molecule has 3 amide bonds. The number of anilines is 1. The first kappa shape index (κ1) is 22.8. The number of amides is 3. The molecule has 3 aliphatic rings. The Kier molecular flexibility index (Phi) is 6.85. The number of urea groups is 1. The molecule has 2 aliphatic heterocycles. The zero-order valence-electron chi connectivity index (χ0n) is 18.4. The summed E-state index contributed by atoms with van der Waals surface area (Å²) in [6, 6.07) is 6.14. The molecule has 2 atom stereocenters. The standard InChI is InChI=1S/C23H32N4O4S/c1-2-22(28)24-20-7-9-21(10-8-20)32(30,31)27-15-13-25(14-16-27)23(29)26-12-11-18-5-3-4-6-19(18)17-26/h2,7-10,18-19H,1,3-6,11-17H2,(H,24,28). The summed E-state index contributed by atoms with van der Waals surface area (Å²) < 4.78 is 27.5. The van der Waals surface area contributed by atoms with Crippen LogP contribution in [0, 0.1) is 11.8 Å². The summed E-state index contributed by atoms with van der Waals surface area (Å²) in [4.78, 5) is 28.4. The Bertz CT molecular complexity index is 955. The molecular formula is C23H32N4O4S. The summed E-state index contributed by atoms with van der Waals surface area (Å²) in [7, 11) is -3.65. The largest absolute Gasteiger partial charge is 0.324 e. The van der Waals surface area contributed by atoms with Crippen molar-refractivity contribution in [1.29, 1.82) is 0 Å². The van der Waals surface area contributed by atoms with Gasteiger partial charge in [-0.05, 0) is 55.0 Å². The first-order valence-corrected chi connectivity index (χ1v) is 12.9. The second-order valence-corrected chi connectivity index (χ2v) is 10.9. The van der Waals surface area contributed by atoms with Crippen LogP contribution in [0.5, 0.6) is 0 Å². The molecule has 0 bridgehead atoms. The Labute approximate surface area is 190 Å². The van der Waals surface area contributed by atoms with Crippen LogP contribution in [0.25, 0.3) is 0 Å². The predicted molar refractivity (Wildman–Crippen MR) is 123 cm³/mol. The second kappa shape index (κ2) is 9.62. The van der Waals surface area contributed by atoms with Crippen molar-refractivity contribution in [2.24, 2.45) is 11.8 Å². The van der Waals surface area contributed by atoms with Crippen molar-refractivity contribution < 1.29 is 18.0 Å². The van der Waals surface area contributed by atoms with Crippen LogP contribution in [-0.2, 0) is 14.8 Å². The molecule has 2 unspecified atom stereocenters. The molecule has 3 fully saturated rings. The van der Waals surface area contributed by atoms with Crippen LogP contribution in [0.4, 0.5) is 10.5 Å². The number of rotatable bonds is 4. The monoisotopic (exact) mass is 460 g/mol. The number of nitrogens with zero attached hydrogens (tertiary/aromatic N) is 3. The van der Waals surface area contributed by atoms with E-state index in [2.05, 4.69) is 11.9 Å². The molecule has 8 nitrogen and oxygen atoms in total. The quantitative estimate of drug-likeness (QED) is 0.700. The van der Waals surface area contributed by atoms with Gasteiger partial charge in [0.15, 0.2) is 0 Å². The fourth-order valence-corrected chi connectivity index (χ4v) is 6.57. The third-order valence-electron chi connectivity index (χ3n) is 7.02. The molecule has 1 aromatic rings. The number of piperazine rings is 1. The average molecular weight is 461 g/mol. The summed E-state index contributed by atoms with van der Waals surface area (Å²) in [5.74, 6) is 1.04. The van der Waals surface area contributed by atoms with Crippen LogP contribution in [0.1, 0.15) is 32.1 Å². The van der Waals surface area contributed by atoms with Gasteiger partial charge in [-0.2, -0.15) is 4.31 Å². The normalized spacial score (nSPS) is 24.5. The molecule has 1 saturated carbocycles. The van der Waals surface area contributed by atoms with Crippen molar-refractivity contribution in [2.45, 2.75) is 37.0 Å². The molecule has 1 aromatic carbocycles. The van der Waals surface area contributed by atoms with Gasteiger partial charge in [0.1, 0.15) is 0 Å². The third kappa shape index (κ3) is 4.83. The van der Waals surface area contributed by atoms with E-state index < -0.39 is 10.0 Å². The number of hydrogen-bond acceptors (Lipinski definition) is 4. The Morgan fingerprint density at radius 2 is 1.56 bits per heavy atom. The highest BCUT2D eigenvalue weighted by Gasteiger charge is 2.36. The van der Waals surface area contributed by atoms with Crippen LogP contribution in [-0.4, -0.2) is 73.7 Å². The number of nitrogens with one attached hydrogen (secondary N) is 1. The molecule has 0 aromatic heterocycles. The average Bonchev–Trinajstić information content (AvgIpc) is 2.83. The van der Waals surface area contributed by atoms with E-state index in [-0.39, 0.29) is 29.9 Å². The lowest BCUT2D eigenvalue weighted by atomic mass is 9.75. The maximum Gasteiger partial charge on any atom is 0.320 e. The smallest absolute Gasteiger partial charge is 0.320 e. The first-order valence-electron chi connectivity index (χ1n) is 11.5. The van der Waals surface area contributed by atoms with Gasteiger partial charge >= 0.3 is 6.03 Å². The molecular weight excluding hydrogens is 428 g/mol. The minimum Gasteiger partial charge on any atom is -0.324 e. The zero-order valence-corrected chi connectivity index (χ0v) is 19.2. The number of fused-ring (bicyclic) bond motifs is 1. The molecule has 4 rings (SSSR count). The number of carbonyl (C=O) groups excluding carboxylic acids is 2. The van der Waals surface area contributed by atoms with Crippen molar-refractivity contribution in [3.05, 3.63) is 36.9 Å². The number of carbonyl (C=O) groups is 2. The number of hydrogen-bond donors (Lipinski definition) is 1. The SMILES string of the molecule is C=CC(=O)Nc1ccc(S(=O)(=O)N2CCN(C(=O)N3CCC4CCCCC4C3)CC2)cc1. The van der Waals surface area contributed by atoms with E-state index in [0.717, 1.165) is 31.5 Å². The fourth-order valence-electron chi connectivity index (χ4n) is 5.15. The van der Waals surface area contributed by atoms with Gasteiger partial charge in [-0.1, -0.05) is 25.8 Å². The van der Waals surface area contributed by atoms with Crippen molar-refractivity contribution >= 4 is 27.6 Å². The molecule has 174 valence electrons. The third-order valence-corrected chi connectivity index (χ3v) is 8.93. The van der Waals surface area contributed by atoms with Crippen LogP contribution in [0.15, 0.2) is 41.8 Å². The molecule has 9 heteroatoms. The van der Waals surface area contributed by atoms with Crippen LogP contribution in [0.2, 0.25) is 0 Å². The maximum absolute atomic E-state index is 13.0. The van der Waals surface area contributed by atoms with E-state index in [1.165, 1.54) is 42.1 Å². The maximum atomic E-state index is 13.0. The van der Waals surface area contributed by atoms with Crippen molar-refractivity contribution in [2.75, 3.05) is 44.6 Å². The van der Waals surface area contributed by atoms with E-state index in [1.807, 2.05) is 4.90 Å². The van der Waals surface area contributed by atoms with Gasteiger partial charge in [0.2, 0.25) is 15.9 Å². The highest BCUT2D eigenvalue weighted by Crippen LogP contribution is 2.36. The minimum atomic E-state index is -3.65. The van der Waals surface area contributed by atoms with Crippen molar-refractivity contribution in [1.82, 2.24) is 14.1 Å². The predicted octanol–water partition coefficient (Wildman–Crippen LogP) is 2.75. The van der Waals surface area contributed by atoms with Crippen molar-refractivity contribution in [3.8, 4) is 0 Å². The van der Waals surface area contributed by atoms with E-state index >= 15 is 0 Å². The van der Waals surface area contributed by atoms with Crippen LogP contribution in [0.3, 0.4) is 0 Å². The molecule has 2 heterocycles. The summed E-state index contributed by atoms with van der Waals surface area (Å²) in [5.41, 5.74) is 0.506. The Balaban J connectivity index is 1.33. The highest BCUT2D eigenvalue weighted by molar-refractivity contribution is 7.89. The van der Waals surface area contributed by atoms with E-state index in [9.17, 15) is 18.0 Å². The molecule has 0 radical (unpaired) electrons. The van der Waals surface area contributed by atoms with Gasteiger partial charge in [-0.3, -0.25) is 4.79 Å². The molecule has 2 saturated heterocycles. The van der Waals surface area contributed by atoms with Crippen LogP contribution >= 0.6 is 0 Å². The van der Waals surface area contributed by atoms with E-state index in [4.69, 9.17) is 0 Å².